The molecule has 0 atom stereocenters. The van der Waals surface area contributed by atoms with Crippen LogP contribution in [0.4, 0.5) is 11.5 Å². The van der Waals surface area contributed by atoms with E-state index < -0.39 is 4.92 Å². The molecule has 3 heterocycles. The first-order valence-electron chi connectivity index (χ1n) is 9.74. The Kier molecular flexibility index (Phi) is 4.83. The van der Waals surface area contributed by atoms with Gasteiger partial charge in [0.25, 0.3) is 5.69 Å². The lowest BCUT2D eigenvalue weighted by atomic mass is 10.0. The van der Waals surface area contributed by atoms with E-state index in [1.165, 1.54) is 12.1 Å². The molecule has 2 aromatic heterocycles. The number of H-pyrrole nitrogens is 1. The first-order chi connectivity index (χ1) is 15.1. The fraction of sp³-hybridized carbons (Fsp3) is 0.136. The Morgan fingerprint density at radius 3 is 2.65 bits per heavy atom. The molecule has 4 aromatic rings. The second-order valence-electron chi connectivity index (χ2n) is 7.30. The van der Waals surface area contributed by atoms with Crippen LogP contribution in [0.25, 0.3) is 22.5 Å². The van der Waals surface area contributed by atoms with Crippen LogP contribution < -0.4 is 4.90 Å². The topological polar surface area (TPSA) is 101 Å². The van der Waals surface area contributed by atoms with E-state index in [0.717, 1.165) is 41.3 Å². The quantitative estimate of drug-likeness (QED) is 0.372. The van der Waals surface area contributed by atoms with Crippen LogP contribution in [0.5, 0.6) is 0 Å². The lowest BCUT2D eigenvalue weighted by Gasteiger charge is -2.27. The number of halogens is 1. The molecule has 0 saturated heterocycles. The van der Waals surface area contributed by atoms with Gasteiger partial charge in [-0.1, -0.05) is 35.9 Å². The van der Waals surface area contributed by atoms with Crippen LogP contribution in [0.2, 0.25) is 5.02 Å². The van der Waals surface area contributed by atoms with Crippen LogP contribution in [0.15, 0.2) is 60.7 Å². The summed E-state index contributed by atoms with van der Waals surface area (Å²) in [6, 6.07) is 17.8. The van der Waals surface area contributed by atoms with Crippen molar-refractivity contribution in [2.24, 2.45) is 0 Å². The molecule has 9 heteroatoms. The van der Waals surface area contributed by atoms with Crippen LogP contribution in [-0.2, 0) is 13.0 Å². The molecule has 1 aliphatic rings. The summed E-state index contributed by atoms with van der Waals surface area (Å²) in [6.45, 7) is 1.44. The van der Waals surface area contributed by atoms with Gasteiger partial charge in [0, 0.05) is 59.0 Å². The average Bonchev–Trinajstić information content (AvgIpc) is 3.22. The van der Waals surface area contributed by atoms with Gasteiger partial charge in [0.2, 0.25) is 0 Å². The number of anilines is 1. The van der Waals surface area contributed by atoms with Crippen LogP contribution in [0, 0.1) is 10.1 Å². The number of nitro benzene ring substituents is 1. The zero-order valence-corrected chi connectivity index (χ0v) is 17.1. The van der Waals surface area contributed by atoms with Gasteiger partial charge >= 0.3 is 0 Å². The SMILES string of the molecule is O=[N+]([O-])c1cccc(-c2ccc(N3CCc4[nH]nc(-c5cccc(Cl)c5)c4C3)nn2)c1. The Labute approximate surface area is 182 Å². The minimum atomic E-state index is -0.418. The third-order valence-corrected chi connectivity index (χ3v) is 5.59. The molecular formula is C22H17ClN6O2. The van der Waals surface area contributed by atoms with E-state index in [1.54, 1.807) is 12.1 Å². The Morgan fingerprint density at radius 2 is 1.87 bits per heavy atom. The van der Waals surface area contributed by atoms with Crippen molar-refractivity contribution in [3.8, 4) is 22.5 Å². The van der Waals surface area contributed by atoms with E-state index in [-0.39, 0.29) is 5.69 Å². The summed E-state index contributed by atoms with van der Waals surface area (Å²) in [5.41, 5.74) is 5.38. The molecule has 0 spiro atoms. The van der Waals surface area contributed by atoms with Gasteiger partial charge in [-0.05, 0) is 24.3 Å². The Hall–Kier alpha value is -3.78. The minimum absolute atomic E-state index is 0.0282. The normalized spacial score (nSPS) is 13.1. The number of non-ortho nitro benzene ring substituents is 1. The Bertz CT molecular complexity index is 1270. The van der Waals surface area contributed by atoms with Crippen LogP contribution in [0.3, 0.4) is 0 Å². The molecule has 0 saturated carbocycles. The van der Waals surface area contributed by atoms with Crippen molar-refractivity contribution in [3.05, 3.63) is 87.1 Å². The summed E-state index contributed by atoms with van der Waals surface area (Å²) in [4.78, 5) is 12.8. The number of aromatic nitrogens is 4. The van der Waals surface area contributed by atoms with Crippen molar-refractivity contribution in [1.82, 2.24) is 20.4 Å². The monoisotopic (exact) mass is 432 g/mol. The summed E-state index contributed by atoms with van der Waals surface area (Å²) in [7, 11) is 0. The molecule has 0 aliphatic carbocycles. The highest BCUT2D eigenvalue weighted by Crippen LogP contribution is 2.31. The molecule has 1 aliphatic heterocycles. The Morgan fingerprint density at radius 1 is 1.03 bits per heavy atom. The molecule has 0 radical (unpaired) electrons. The highest BCUT2D eigenvalue weighted by atomic mass is 35.5. The standard InChI is InChI=1S/C22H17ClN6O2/c23-16-5-1-4-15(11-16)22-18-13-28(10-9-20(18)25-27-22)21-8-7-19(24-26-21)14-3-2-6-17(12-14)29(30)31/h1-8,11-12H,9-10,13H2,(H,25,27). The fourth-order valence-corrected chi connectivity index (χ4v) is 3.98. The molecule has 0 unspecified atom stereocenters. The van der Waals surface area contributed by atoms with Gasteiger partial charge in [0.05, 0.1) is 16.3 Å². The van der Waals surface area contributed by atoms with E-state index in [4.69, 9.17) is 11.6 Å². The maximum atomic E-state index is 11.0. The minimum Gasteiger partial charge on any atom is -0.350 e. The molecule has 2 aromatic carbocycles. The second kappa shape index (κ2) is 7.81. The first kappa shape index (κ1) is 19.2. The number of hydrogen-bond donors (Lipinski definition) is 1. The van der Waals surface area contributed by atoms with E-state index in [1.807, 2.05) is 36.4 Å². The highest BCUT2D eigenvalue weighted by Gasteiger charge is 2.24. The number of fused-ring (bicyclic) bond motifs is 1. The fourth-order valence-electron chi connectivity index (χ4n) is 3.79. The third kappa shape index (κ3) is 3.73. The van der Waals surface area contributed by atoms with Crippen molar-refractivity contribution in [3.63, 3.8) is 0 Å². The van der Waals surface area contributed by atoms with Crippen molar-refractivity contribution in [2.75, 3.05) is 11.4 Å². The number of nitro groups is 1. The average molecular weight is 433 g/mol. The molecule has 1 N–H and O–H groups in total. The van der Waals surface area contributed by atoms with E-state index in [0.29, 0.717) is 22.8 Å². The summed E-state index contributed by atoms with van der Waals surface area (Å²) in [6.07, 6.45) is 0.817. The van der Waals surface area contributed by atoms with E-state index >= 15 is 0 Å². The van der Waals surface area contributed by atoms with Gasteiger partial charge in [0.15, 0.2) is 5.82 Å². The van der Waals surface area contributed by atoms with Gasteiger partial charge in [0.1, 0.15) is 0 Å². The molecular weight excluding hydrogens is 416 g/mol. The van der Waals surface area contributed by atoms with Gasteiger partial charge in [-0.15, -0.1) is 10.2 Å². The maximum absolute atomic E-state index is 11.0. The van der Waals surface area contributed by atoms with Crippen molar-refractivity contribution >= 4 is 23.1 Å². The first-order valence-corrected chi connectivity index (χ1v) is 10.1. The lowest BCUT2D eigenvalue weighted by Crippen LogP contribution is -2.31. The Balaban J connectivity index is 1.40. The smallest absolute Gasteiger partial charge is 0.270 e. The van der Waals surface area contributed by atoms with Gasteiger partial charge in [-0.3, -0.25) is 15.2 Å². The summed E-state index contributed by atoms with van der Waals surface area (Å²) in [5.74, 6) is 0.748. The van der Waals surface area contributed by atoms with Crippen LogP contribution in [0.1, 0.15) is 11.3 Å². The van der Waals surface area contributed by atoms with Crippen LogP contribution >= 0.6 is 11.6 Å². The number of nitrogens with zero attached hydrogens (tertiary/aromatic N) is 5. The maximum Gasteiger partial charge on any atom is 0.270 e. The van der Waals surface area contributed by atoms with E-state index in [9.17, 15) is 10.1 Å². The molecule has 8 nitrogen and oxygen atoms in total. The molecule has 0 bridgehead atoms. The molecule has 154 valence electrons. The van der Waals surface area contributed by atoms with Gasteiger partial charge < -0.3 is 4.90 Å². The van der Waals surface area contributed by atoms with Gasteiger partial charge in [-0.2, -0.15) is 5.10 Å². The number of nitrogens with one attached hydrogen (secondary N) is 1. The number of hydrogen-bond acceptors (Lipinski definition) is 6. The zero-order valence-electron chi connectivity index (χ0n) is 16.3. The highest BCUT2D eigenvalue weighted by molar-refractivity contribution is 6.30. The van der Waals surface area contributed by atoms with Crippen molar-refractivity contribution in [1.29, 1.82) is 0 Å². The molecule has 0 fully saturated rings. The third-order valence-electron chi connectivity index (χ3n) is 5.36. The van der Waals surface area contributed by atoms with E-state index in [2.05, 4.69) is 25.3 Å². The zero-order chi connectivity index (χ0) is 21.4. The molecule has 0 amide bonds. The van der Waals surface area contributed by atoms with Crippen LogP contribution in [-0.4, -0.2) is 31.9 Å². The summed E-state index contributed by atoms with van der Waals surface area (Å²) >= 11 is 6.16. The summed E-state index contributed by atoms with van der Waals surface area (Å²) in [5, 5.41) is 28.0. The van der Waals surface area contributed by atoms with Crippen molar-refractivity contribution in [2.45, 2.75) is 13.0 Å². The number of aromatic amines is 1. The molecule has 5 rings (SSSR count). The lowest BCUT2D eigenvalue weighted by molar-refractivity contribution is -0.384. The van der Waals surface area contributed by atoms with Gasteiger partial charge in [-0.25, -0.2) is 0 Å². The molecule has 31 heavy (non-hydrogen) atoms. The predicted octanol–water partition coefficient (Wildman–Crippen LogP) is 4.66. The van der Waals surface area contributed by atoms with Crippen molar-refractivity contribution < 1.29 is 4.92 Å². The number of benzene rings is 2. The number of rotatable bonds is 4. The summed E-state index contributed by atoms with van der Waals surface area (Å²) < 4.78 is 0. The predicted molar refractivity (Wildman–Crippen MR) is 118 cm³/mol. The largest absolute Gasteiger partial charge is 0.350 e. The second-order valence-corrected chi connectivity index (χ2v) is 7.73.